The van der Waals surface area contributed by atoms with Gasteiger partial charge in [-0.2, -0.15) is 5.10 Å². The van der Waals surface area contributed by atoms with Crippen molar-refractivity contribution in [2.75, 3.05) is 6.54 Å². The van der Waals surface area contributed by atoms with Crippen molar-refractivity contribution in [3.8, 4) is 0 Å². The maximum Gasteiger partial charge on any atom is 0.250 e. The molecule has 2 aromatic heterocycles. The maximum atomic E-state index is 11.9. The first-order chi connectivity index (χ1) is 9.97. The average Bonchev–Trinajstić information content (AvgIpc) is 2.78. The SMILES string of the molecule is Cc1cc(C)n([C@H](C)CNC(=O)Cn2ccccc2=O)n1. The highest BCUT2D eigenvalue weighted by Gasteiger charge is 2.11. The largest absolute Gasteiger partial charge is 0.352 e. The van der Waals surface area contributed by atoms with Crippen LogP contribution in [-0.4, -0.2) is 26.8 Å². The number of rotatable bonds is 5. The molecular formula is C15H20N4O2. The van der Waals surface area contributed by atoms with Crippen molar-refractivity contribution in [3.05, 3.63) is 52.2 Å². The summed E-state index contributed by atoms with van der Waals surface area (Å²) in [5.41, 5.74) is 1.84. The molecule has 0 bridgehead atoms. The van der Waals surface area contributed by atoms with Crippen LogP contribution < -0.4 is 10.9 Å². The number of hydrogen-bond acceptors (Lipinski definition) is 3. The Kier molecular flexibility index (Phi) is 4.57. The van der Waals surface area contributed by atoms with Crippen molar-refractivity contribution < 1.29 is 4.79 Å². The van der Waals surface area contributed by atoms with E-state index in [2.05, 4.69) is 10.4 Å². The highest BCUT2D eigenvalue weighted by atomic mass is 16.2. The van der Waals surface area contributed by atoms with Crippen LogP contribution in [0.5, 0.6) is 0 Å². The number of carbonyl (C=O) groups is 1. The number of aryl methyl sites for hydroxylation is 2. The van der Waals surface area contributed by atoms with Gasteiger partial charge in [-0.15, -0.1) is 0 Å². The van der Waals surface area contributed by atoms with Gasteiger partial charge in [-0.25, -0.2) is 0 Å². The molecule has 1 atom stereocenters. The van der Waals surface area contributed by atoms with E-state index >= 15 is 0 Å². The molecule has 0 aliphatic heterocycles. The van der Waals surface area contributed by atoms with Gasteiger partial charge in [0.05, 0.1) is 11.7 Å². The van der Waals surface area contributed by atoms with Crippen LogP contribution in [0.4, 0.5) is 0 Å². The Balaban J connectivity index is 1.91. The lowest BCUT2D eigenvalue weighted by molar-refractivity contribution is -0.121. The highest BCUT2D eigenvalue weighted by Crippen LogP contribution is 2.09. The fourth-order valence-electron chi connectivity index (χ4n) is 2.24. The van der Waals surface area contributed by atoms with Crippen molar-refractivity contribution in [2.24, 2.45) is 0 Å². The summed E-state index contributed by atoms with van der Waals surface area (Å²) in [4.78, 5) is 23.4. The molecule has 6 nitrogen and oxygen atoms in total. The number of pyridine rings is 1. The lowest BCUT2D eigenvalue weighted by Gasteiger charge is -2.15. The van der Waals surface area contributed by atoms with Crippen LogP contribution >= 0.6 is 0 Å². The van der Waals surface area contributed by atoms with Gasteiger partial charge >= 0.3 is 0 Å². The molecule has 0 aromatic carbocycles. The summed E-state index contributed by atoms with van der Waals surface area (Å²) in [6.45, 7) is 6.43. The van der Waals surface area contributed by atoms with E-state index in [1.54, 1.807) is 18.3 Å². The Morgan fingerprint density at radius 3 is 2.76 bits per heavy atom. The fraction of sp³-hybridized carbons (Fsp3) is 0.400. The molecule has 0 spiro atoms. The first-order valence-corrected chi connectivity index (χ1v) is 6.92. The number of carbonyl (C=O) groups excluding carboxylic acids is 1. The van der Waals surface area contributed by atoms with E-state index in [0.29, 0.717) is 6.54 Å². The second kappa shape index (κ2) is 6.39. The quantitative estimate of drug-likeness (QED) is 0.893. The Hall–Kier alpha value is -2.37. The van der Waals surface area contributed by atoms with E-state index in [9.17, 15) is 9.59 Å². The van der Waals surface area contributed by atoms with Crippen molar-refractivity contribution in [1.29, 1.82) is 0 Å². The summed E-state index contributed by atoms with van der Waals surface area (Å²) in [6, 6.07) is 6.89. The molecule has 0 aliphatic rings. The van der Waals surface area contributed by atoms with Gasteiger partial charge in [0.1, 0.15) is 6.54 Å². The van der Waals surface area contributed by atoms with E-state index in [1.165, 1.54) is 10.6 Å². The minimum absolute atomic E-state index is 0.0313. The van der Waals surface area contributed by atoms with Crippen LogP contribution in [-0.2, 0) is 11.3 Å². The average molecular weight is 288 g/mol. The first kappa shape index (κ1) is 15.0. The smallest absolute Gasteiger partial charge is 0.250 e. The third-order valence-corrected chi connectivity index (χ3v) is 3.27. The maximum absolute atomic E-state index is 11.9. The molecule has 6 heteroatoms. The molecule has 1 amide bonds. The summed E-state index contributed by atoms with van der Waals surface area (Å²) in [7, 11) is 0. The van der Waals surface area contributed by atoms with Gasteiger partial charge in [0.25, 0.3) is 5.56 Å². The second-order valence-electron chi connectivity index (χ2n) is 5.19. The summed E-state index contributed by atoms with van der Waals surface area (Å²) in [5, 5.41) is 7.23. The van der Waals surface area contributed by atoms with Crippen LogP contribution in [0, 0.1) is 13.8 Å². The lowest BCUT2D eigenvalue weighted by Crippen LogP contribution is -2.35. The molecule has 1 N–H and O–H groups in total. The van der Waals surface area contributed by atoms with E-state index in [0.717, 1.165) is 11.4 Å². The molecule has 0 unspecified atom stereocenters. The van der Waals surface area contributed by atoms with E-state index in [4.69, 9.17) is 0 Å². The predicted octanol–water partition coefficient (Wildman–Crippen LogP) is 1.04. The van der Waals surface area contributed by atoms with Gasteiger partial charge in [-0.1, -0.05) is 6.07 Å². The van der Waals surface area contributed by atoms with Crippen molar-refractivity contribution in [3.63, 3.8) is 0 Å². The monoisotopic (exact) mass is 288 g/mol. The van der Waals surface area contributed by atoms with E-state index in [1.807, 2.05) is 31.5 Å². The molecule has 0 radical (unpaired) electrons. The Morgan fingerprint density at radius 2 is 2.14 bits per heavy atom. The summed E-state index contributed by atoms with van der Waals surface area (Å²) >= 11 is 0. The number of nitrogens with one attached hydrogen (secondary N) is 1. The normalized spacial score (nSPS) is 12.1. The third kappa shape index (κ3) is 3.81. The number of nitrogens with zero attached hydrogens (tertiary/aromatic N) is 3. The Morgan fingerprint density at radius 1 is 1.38 bits per heavy atom. The third-order valence-electron chi connectivity index (χ3n) is 3.27. The Bertz CT molecular complexity index is 687. The standard InChI is InChI=1S/C15H20N4O2/c1-11-8-12(2)19(17-11)13(3)9-16-14(20)10-18-7-5-4-6-15(18)21/h4-8,13H,9-10H2,1-3H3,(H,16,20)/t13-/m1/s1. The predicted molar refractivity (Wildman–Crippen MR) is 80.1 cm³/mol. The van der Waals surface area contributed by atoms with Crippen LogP contribution in [0.1, 0.15) is 24.4 Å². The highest BCUT2D eigenvalue weighted by molar-refractivity contribution is 5.75. The van der Waals surface area contributed by atoms with Crippen LogP contribution in [0.2, 0.25) is 0 Å². The number of amides is 1. The topological polar surface area (TPSA) is 68.9 Å². The zero-order chi connectivity index (χ0) is 15.4. The van der Waals surface area contributed by atoms with Gasteiger partial charge in [0.15, 0.2) is 0 Å². The van der Waals surface area contributed by atoms with Crippen molar-refractivity contribution in [1.82, 2.24) is 19.7 Å². The molecule has 0 fully saturated rings. The van der Waals surface area contributed by atoms with Crippen molar-refractivity contribution >= 4 is 5.91 Å². The van der Waals surface area contributed by atoms with Gasteiger partial charge in [-0.05, 0) is 32.9 Å². The number of hydrogen-bond donors (Lipinski definition) is 1. The van der Waals surface area contributed by atoms with Gasteiger partial charge in [0.2, 0.25) is 5.91 Å². The second-order valence-corrected chi connectivity index (χ2v) is 5.19. The molecule has 0 saturated carbocycles. The minimum Gasteiger partial charge on any atom is -0.352 e. The van der Waals surface area contributed by atoms with Gasteiger partial charge < -0.3 is 9.88 Å². The first-order valence-electron chi connectivity index (χ1n) is 6.92. The molecule has 21 heavy (non-hydrogen) atoms. The van der Waals surface area contributed by atoms with Gasteiger partial charge in [0, 0.05) is 24.5 Å². The molecule has 0 aliphatic carbocycles. The Labute approximate surface area is 123 Å². The van der Waals surface area contributed by atoms with E-state index < -0.39 is 0 Å². The molecule has 2 aromatic rings. The molecule has 2 rings (SSSR count). The van der Waals surface area contributed by atoms with Crippen LogP contribution in [0.15, 0.2) is 35.3 Å². The minimum atomic E-state index is -0.184. The van der Waals surface area contributed by atoms with Crippen LogP contribution in [0.3, 0.4) is 0 Å². The molecule has 2 heterocycles. The zero-order valence-corrected chi connectivity index (χ0v) is 12.5. The summed E-state index contributed by atoms with van der Waals surface area (Å²) in [5.74, 6) is -0.184. The zero-order valence-electron chi connectivity index (χ0n) is 12.5. The summed E-state index contributed by atoms with van der Waals surface area (Å²) in [6.07, 6.45) is 1.60. The summed E-state index contributed by atoms with van der Waals surface area (Å²) < 4.78 is 3.27. The van der Waals surface area contributed by atoms with Gasteiger partial charge in [-0.3, -0.25) is 14.3 Å². The number of aromatic nitrogens is 3. The lowest BCUT2D eigenvalue weighted by atomic mass is 10.3. The molecule has 0 saturated heterocycles. The van der Waals surface area contributed by atoms with E-state index in [-0.39, 0.29) is 24.1 Å². The fourth-order valence-corrected chi connectivity index (χ4v) is 2.24. The molecule has 112 valence electrons. The van der Waals surface area contributed by atoms with Crippen molar-refractivity contribution in [2.45, 2.75) is 33.4 Å². The van der Waals surface area contributed by atoms with Crippen LogP contribution in [0.25, 0.3) is 0 Å². The molecular weight excluding hydrogens is 268 g/mol.